The average molecular weight is 567 g/mol. The fourth-order valence-electron chi connectivity index (χ4n) is 5.06. The van der Waals surface area contributed by atoms with Crippen molar-refractivity contribution in [3.05, 3.63) is 96.3 Å². The van der Waals surface area contributed by atoms with E-state index in [4.69, 9.17) is 11.6 Å². The molecule has 2 aromatic carbocycles. The molecular formula is C26H29Cl3SiZr. The minimum absolute atomic E-state index is 0. The van der Waals surface area contributed by atoms with Gasteiger partial charge in [-0.05, 0) is 0 Å². The molecule has 0 saturated carbocycles. The van der Waals surface area contributed by atoms with Crippen molar-refractivity contribution >= 4 is 22.6 Å². The van der Waals surface area contributed by atoms with Crippen LogP contribution in [0.2, 0.25) is 18.1 Å². The van der Waals surface area contributed by atoms with Gasteiger partial charge in [-0.2, -0.15) is 0 Å². The molecule has 0 aliphatic heterocycles. The number of benzene rings is 2. The molecule has 162 valence electrons. The molecule has 0 amide bonds. The Hall–Kier alpha value is -0.370. The maximum Gasteiger partial charge on any atom is -1.00 e. The first-order valence-corrected chi connectivity index (χ1v) is 19.7. The van der Waals surface area contributed by atoms with Crippen LogP contribution >= 0.6 is 11.6 Å². The second-order valence-corrected chi connectivity index (χ2v) is 26.5. The van der Waals surface area contributed by atoms with Crippen molar-refractivity contribution in [2.45, 2.75) is 44.4 Å². The number of halogens is 3. The molecule has 0 heterocycles. The van der Waals surface area contributed by atoms with Crippen LogP contribution in [0.1, 0.15) is 48.0 Å². The summed E-state index contributed by atoms with van der Waals surface area (Å²) in [6.07, 6.45) is 2.61. The third kappa shape index (κ3) is 4.67. The molecule has 0 fully saturated rings. The van der Waals surface area contributed by atoms with Crippen LogP contribution in [0.4, 0.5) is 0 Å². The number of hydrogen-bond donors (Lipinski definition) is 0. The molecule has 0 radical (unpaired) electrons. The van der Waals surface area contributed by atoms with Crippen LogP contribution in [0.5, 0.6) is 0 Å². The van der Waals surface area contributed by atoms with Crippen LogP contribution in [0.3, 0.4) is 0 Å². The van der Waals surface area contributed by atoms with Gasteiger partial charge in [0.15, 0.2) is 0 Å². The molecule has 0 saturated heterocycles. The van der Waals surface area contributed by atoms with Crippen molar-refractivity contribution in [1.29, 1.82) is 0 Å². The molecule has 2 aromatic rings. The Morgan fingerprint density at radius 3 is 1.97 bits per heavy atom. The Morgan fingerprint density at radius 2 is 1.42 bits per heavy atom. The summed E-state index contributed by atoms with van der Waals surface area (Å²) in [5.41, 5.74) is 9.88. The fraction of sp³-hybridized carbons (Fsp3) is 0.308. The number of allylic oxidation sites excluding steroid dienone is 5. The minimum atomic E-state index is -1.94. The van der Waals surface area contributed by atoms with E-state index in [1.165, 1.54) is 16.7 Å². The first kappa shape index (κ1) is 26.9. The van der Waals surface area contributed by atoms with Gasteiger partial charge in [-0.25, -0.2) is 0 Å². The molecule has 0 nitrogen and oxygen atoms in total. The van der Waals surface area contributed by atoms with Gasteiger partial charge in [0, 0.05) is 0 Å². The van der Waals surface area contributed by atoms with E-state index in [9.17, 15) is 0 Å². The van der Waals surface area contributed by atoms with E-state index in [1.807, 2.05) is 15.4 Å². The largest absolute Gasteiger partial charge is 1.00 e. The van der Waals surface area contributed by atoms with Crippen LogP contribution in [-0.4, -0.2) is 5.43 Å². The zero-order valence-corrected chi connectivity index (χ0v) is 24.7. The van der Waals surface area contributed by atoms with Crippen LogP contribution in [-0.2, 0) is 20.4 Å². The van der Waals surface area contributed by atoms with E-state index in [-0.39, 0.29) is 30.2 Å². The monoisotopic (exact) mass is 564 g/mol. The number of hydrogen-bond acceptors (Lipinski definition) is 0. The van der Waals surface area contributed by atoms with E-state index >= 15 is 0 Å². The SMILES string of the molecule is CC1=C(C)C(C)[C]([Zr+2]([CH]2C=C(c3ccccc3Cl)c3ccccc32)=[Si](C)C)=C1C.[Cl-].[Cl-]. The third-order valence-corrected chi connectivity index (χ3v) is 25.8. The topological polar surface area (TPSA) is 0 Å². The summed E-state index contributed by atoms with van der Waals surface area (Å²) in [4.78, 5) is 0. The van der Waals surface area contributed by atoms with Crippen molar-refractivity contribution in [2.24, 2.45) is 5.92 Å². The summed E-state index contributed by atoms with van der Waals surface area (Å²) in [6.45, 7) is 14.7. The van der Waals surface area contributed by atoms with E-state index in [0.29, 0.717) is 9.54 Å². The van der Waals surface area contributed by atoms with E-state index in [1.54, 1.807) is 22.3 Å². The molecule has 2 aliphatic carbocycles. The molecular weight excluding hydrogens is 538 g/mol. The van der Waals surface area contributed by atoms with Gasteiger partial charge in [-0.3, -0.25) is 0 Å². The molecule has 2 atom stereocenters. The standard InChI is InChI=1S/C15H10Cl.C9H13.C2H6Si.2ClH.Zr/c16-15-8-4-3-7-14(15)13-10-9-11-5-1-2-6-12(11)13;1-6-5-7(2)9(4)8(6)3;1-3-2;;;/h1-10H;6H,1-4H3;1-2H3;2*1H;/q;;;;;+2/p-2. The molecule has 2 aliphatic rings. The normalized spacial score (nSPS) is 19.2. The maximum atomic E-state index is 6.64. The summed E-state index contributed by atoms with van der Waals surface area (Å²) < 4.78 is 2.49. The summed E-state index contributed by atoms with van der Waals surface area (Å²) >= 11 is 4.70. The van der Waals surface area contributed by atoms with Gasteiger partial charge in [0.25, 0.3) is 0 Å². The van der Waals surface area contributed by atoms with Gasteiger partial charge in [0.2, 0.25) is 0 Å². The predicted octanol–water partition coefficient (Wildman–Crippen LogP) is 1.96. The third-order valence-electron chi connectivity index (χ3n) is 6.86. The summed E-state index contributed by atoms with van der Waals surface area (Å²) in [5.74, 6) is 0.634. The Balaban J connectivity index is 0.00000171. The zero-order valence-electron chi connectivity index (χ0n) is 19.0. The van der Waals surface area contributed by atoms with Crippen molar-refractivity contribution in [2.75, 3.05) is 0 Å². The molecule has 4 rings (SSSR count). The summed E-state index contributed by atoms with van der Waals surface area (Å²) in [5, 5.41) is 0.857. The Bertz CT molecular complexity index is 1140. The molecule has 0 aromatic heterocycles. The van der Waals surface area contributed by atoms with E-state index in [2.05, 4.69) is 83.3 Å². The predicted molar refractivity (Wildman–Crippen MR) is 125 cm³/mol. The zero-order chi connectivity index (χ0) is 20.9. The smallest absolute Gasteiger partial charge is 1.00 e. The van der Waals surface area contributed by atoms with Gasteiger partial charge >= 0.3 is 190 Å². The van der Waals surface area contributed by atoms with Crippen LogP contribution < -0.4 is 24.8 Å². The van der Waals surface area contributed by atoms with Crippen molar-refractivity contribution < 1.29 is 45.2 Å². The van der Waals surface area contributed by atoms with Gasteiger partial charge in [-0.15, -0.1) is 0 Å². The van der Waals surface area contributed by atoms with E-state index < -0.39 is 20.4 Å². The average Bonchev–Trinajstić information content (AvgIpc) is 3.16. The Morgan fingerprint density at radius 1 is 0.839 bits per heavy atom. The number of rotatable bonds is 3. The van der Waals surface area contributed by atoms with Crippen LogP contribution in [0.15, 0.2) is 74.6 Å². The van der Waals surface area contributed by atoms with Crippen LogP contribution in [0.25, 0.3) is 5.57 Å². The molecule has 0 N–H and O–H groups in total. The van der Waals surface area contributed by atoms with Gasteiger partial charge in [-0.1, -0.05) is 0 Å². The first-order valence-electron chi connectivity index (χ1n) is 10.4. The van der Waals surface area contributed by atoms with Gasteiger partial charge < -0.3 is 24.8 Å². The quantitative estimate of drug-likeness (QED) is 0.499. The summed E-state index contributed by atoms with van der Waals surface area (Å²) in [7, 11) is 0. The van der Waals surface area contributed by atoms with E-state index in [0.717, 1.165) is 5.02 Å². The maximum absolute atomic E-state index is 6.64. The molecule has 2 unspecified atom stereocenters. The van der Waals surface area contributed by atoms with Crippen LogP contribution in [0, 0.1) is 5.92 Å². The number of fused-ring (bicyclic) bond motifs is 1. The molecule has 0 spiro atoms. The molecule has 5 heteroatoms. The second-order valence-electron chi connectivity index (χ2n) is 8.61. The first-order chi connectivity index (χ1) is 13.8. The van der Waals surface area contributed by atoms with Crippen molar-refractivity contribution in [1.82, 2.24) is 0 Å². The fourth-order valence-corrected chi connectivity index (χ4v) is 25.0. The van der Waals surface area contributed by atoms with Gasteiger partial charge in [0.05, 0.1) is 0 Å². The summed E-state index contributed by atoms with van der Waals surface area (Å²) in [6, 6.07) is 17.4. The molecule has 0 bridgehead atoms. The van der Waals surface area contributed by atoms with Crippen molar-refractivity contribution in [3.63, 3.8) is 0 Å². The second kappa shape index (κ2) is 10.7. The van der Waals surface area contributed by atoms with Crippen molar-refractivity contribution in [3.8, 4) is 0 Å². The Kier molecular flexibility index (Phi) is 9.28. The van der Waals surface area contributed by atoms with Gasteiger partial charge in [0.1, 0.15) is 0 Å². The minimum Gasteiger partial charge on any atom is -1.00 e. The Labute approximate surface area is 212 Å². The molecule has 31 heavy (non-hydrogen) atoms.